The van der Waals surface area contributed by atoms with Crippen molar-refractivity contribution < 1.29 is 14.3 Å². The fourth-order valence-corrected chi connectivity index (χ4v) is 2.23. The second kappa shape index (κ2) is 6.96. The number of ether oxygens (including phenoxy) is 2. The molecule has 108 valence electrons. The molecule has 0 aromatic heterocycles. The van der Waals surface area contributed by atoms with Gasteiger partial charge in [0.05, 0.1) is 12.7 Å². The predicted octanol–water partition coefficient (Wildman–Crippen LogP) is 3.62. The second-order valence-corrected chi connectivity index (χ2v) is 11.1. The van der Waals surface area contributed by atoms with Gasteiger partial charge in [-0.2, -0.15) is 0 Å². The van der Waals surface area contributed by atoms with Crippen molar-refractivity contribution in [3.63, 3.8) is 0 Å². The van der Waals surface area contributed by atoms with Crippen molar-refractivity contribution in [2.45, 2.75) is 32.7 Å². The minimum Gasteiger partial charge on any atom is -0.478 e. The van der Waals surface area contributed by atoms with Crippen LogP contribution in [0.3, 0.4) is 0 Å². The van der Waals surface area contributed by atoms with Gasteiger partial charge in [-0.3, -0.25) is 0 Å². The van der Waals surface area contributed by atoms with E-state index >= 15 is 0 Å². The molecule has 0 fully saturated rings. The fraction of sp³-hybridized carbons (Fsp3) is 0.400. The molecule has 1 aromatic rings. The number of methoxy groups -OCH3 is 1. The Labute approximate surface area is 129 Å². The van der Waals surface area contributed by atoms with Crippen LogP contribution >= 0.6 is 15.9 Å². The van der Waals surface area contributed by atoms with E-state index in [2.05, 4.69) is 51.8 Å². The van der Waals surface area contributed by atoms with Crippen molar-refractivity contribution in [2.75, 3.05) is 7.11 Å². The molecule has 1 atom stereocenters. The number of halogens is 1. The Balaban J connectivity index is 3.07. The van der Waals surface area contributed by atoms with Crippen LogP contribution in [0.25, 0.3) is 0 Å². The van der Waals surface area contributed by atoms with Crippen molar-refractivity contribution in [1.29, 1.82) is 0 Å². The summed E-state index contributed by atoms with van der Waals surface area (Å²) in [5.74, 6) is 3.35. The smallest absolute Gasteiger partial charge is 0.346 e. The van der Waals surface area contributed by atoms with E-state index in [1.54, 1.807) is 13.0 Å². The van der Waals surface area contributed by atoms with Gasteiger partial charge in [0, 0.05) is 4.47 Å². The molecule has 3 nitrogen and oxygen atoms in total. The quantitative estimate of drug-likeness (QED) is 0.472. The molecule has 1 aromatic carbocycles. The zero-order valence-corrected chi connectivity index (χ0v) is 15.0. The summed E-state index contributed by atoms with van der Waals surface area (Å²) in [7, 11) is -0.130. The molecule has 0 N–H and O–H groups in total. The third-order valence-corrected chi connectivity index (χ3v) is 3.72. The van der Waals surface area contributed by atoms with Crippen LogP contribution < -0.4 is 4.74 Å². The molecule has 1 rings (SSSR count). The van der Waals surface area contributed by atoms with Crippen LogP contribution in [0.4, 0.5) is 0 Å². The van der Waals surface area contributed by atoms with Gasteiger partial charge in [-0.05, 0) is 25.1 Å². The van der Waals surface area contributed by atoms with Crippen molar-refractivity contribution in [3.05, 3.63) is 28.2 Å². The molecule has 5 heteroatoms. The summed E-state index contributed by atoms with van der Waals surface area (Å²) >= 11 is 3.42. The van der Waals surface area contributed by atoms with Gasteiger partial charge in [-0.25, -0.2) is 4.79 Å². The minimum absolute atomic E-state index is 0.406. The monoisotopic (exact) mass is 354 g/mol. The van der Waals surface area contributed by atoms with Gasteiger partial charge in [0.25, 0.3) is 0 Å². The van der Waals surface area contributed by atoms with Crippen LogP contribution in [0, 0.1) is 11.5 Å². The Morgan fingerprint density at radius 3 is 2.55 bits per heavy atom. The van der Waals surface area contributed by atoms with Gasteiger partial charge in [-0.1, -0.05) is 41.5 Å². The number of carbonyl (C=O) groups is 1. The molecule has 0 saturated carbocycles. The molecule has 1 unspecified atom stereocenters. The van der Waals surface area contributed by atoms with Crippen LogP contribution in [0.15, 0.2) is 22.7 Å². The first-order chi connectivity index (χ1) is 9.23. The summed E-state index contributed by atoms with van der Waals surface area (Å²) in [4.78, 5) is 11.4. The predicted molar refractivity (Wildman–Crippen MR) is 86.5 cm³/mol. The Morgan fingerprint density at radius 2 is 2.00 bits per heavy atom. The molecular weight excluding hydrogens is 336 g/mol. The maximum absolute atomic E-state index is 11.4. The number of rotatable bonds is 3. The lowest BCUT2D eigenvalue weighted by atomic mass is 10.2. The average molecular weight is 355 g/mol. The Bertz CT molecular complexity index is 552. The van der Waals surface area contributed by atoms with Gasteiger partial charge in [0.15, 0.2) is 6.10 Å². The Hall–Kier alpha value is -1.25. The topological polar surface area (TPSA) is 35.5 Å². The molecule has 0 amide bonds. The normalized spacial score (nSPS) is 12.1. The maximum Gasteiger partial charge on any atom is 0.346 e. The molecule has 0 saturated heterocycles. The molecule has 0 heterocycles. The van der Waals surface area contributed by atoms with E-state index in [-0.39, 0.29) is 0 Å². The number of hydrogen-bond donors (Lipinski definition) is 0. The largest absolute Gasteiger partial charge is 0.478 e. The lowest BCUT2D eigenvalue weighted by Crippen LogP contribution is -2.25. The van der Waals surface area contributed by atoms with E-state index in [0.29, 0.717) is 5.75 Å². The van der Waals surface area contributed by atoms with Crippen LogP contribution in [0.5, 0.6) is 5.75 Å². The third kappa shape index (κ3) is 5.39. The minimum atomic E-state index is -1.47. The second-order valence-electron chi connectivity index (χ2n) is 5.42. The Morgan fingerprint density at radius 1 is 1.35 bits per heavy atom. The molecular formula is C15H19BrO3Si. The zero-order chi connectivity index (χ0) is 15.3. The van der Waals surface area contributed by atoms with E-state index in [9.17, 15) is 4.79 Å². The number of carbonyl (C=O) groups excluding carboxylic acids is 1. The summed E-state index contributed by atoms with van der Waals surface area (Å²) in [6.07, 6.45) is -0.659. The van der Waals surface area contributed by atoms with Gasteiger partial charge < -0.3 is 9.47 Å². The SMILES string of the molecule is COC(=O)C(C)Oc1ccc(Br)cc1C#C[Si](C)(C)C. The van der Waals surface area contributed by atoms with Crippen molar-refractivity contribution in [2.24, 2.45) is 0 Å². The van der Waals surface area contributed by atoms with Crippen molar-refractivity contribution in [1.82, 2.24) is 0 Å². The first-order valence-electron chi connectivity index (χ1n) is 6.30. The Kier molecular flexibility index (Phi) is 5.84. The van der Waals surface area contributed by atoms with E-state index in [1.165, 1.54) is 7.11 Å². The zero-order valence-electron chi connectivity index (χ0n) is 12.4. The number of hydrogen-bond acceptors (Lipinski definition) is 3. The van der Waals surface area contributed by atoms with Crippen LogP contribution in [-0.4, -0.2) is 27.3 Å². The summed E-state index contributed by atoms with van der Waals surface area (Å²) in [5.41, 5.74) is 4.07. The molecule has 20 heavy (non-hydrogen) atoms. The van der Waals surface area contributed by atoms with Gasteiger partial charge in [-0.15, -0.1) is 5.54 Å². The highest BCUT2D eigenvalue weighted by Gasteiger charge is 2.16. The number of esters is 1. The fourth-order valence-electron chi connectivity index (χ4n) is 1.36. The van der Waals surface area contributed by atoms with Crippen LogP contribution in [0.1, 0.15) is 12.5 Å². The average Bonchev–Trinajstić information content (AvgIpc) is 2.36. The van der Waals surface area contributed by atoms with Crippen molar-refractivity contribution >= 4 is 30.0 Å². The van der Waals surface area contributed by atoms with Crippen molar-refractivity contribution in [3.8, 4) is 17.2 Å². The number of benzene rings is 1. The molecule has 0 bridgehead atoms. The molecule has 0 radical (unpaired) electrons. The highest BCUT2D eigenvalue weighted by molar-refractivity contribution is 9.10. The summed E-state index contributed by atoms with van der Waals surface area (Å²) in [6, 6.07) is 5.56. The van der Waals surface area contributed by atoms with E-state index in [1.807, 2.05) is 12.1 Å². The molecule has 0 spiro atoms. The van der Waals surface area contributed by atoms with E-state index in [4.69, 9.17) is 4.74 Å². The lowest BCUT2D eigenvalue weighted by molar-refractivity contribution is -0.147. The summed E-state index contributed by atoms with van der Waals surface area (Å²) < 4.78 is 11.2. The molecule has 0 aliphatic carbocycles. The highest BCUT2D eigenvalue weighted by Crippen LogP contribution is 2.24. The molecule has 0 aliphatic rings. The lowest BCUT2D eigenvalue weighted by Gasteiger charge is -2.14. The maximum atomic E-state index is 11.4. The van der Waals surface area contributed by atoms with E-state index in [0.717, 1.165) is 10.0 Å². The first kappa shape index (κ1) is 16.8. The van der Waals surface area contributed by atoms with Gasteiger partial charge in [0.2, 0.25) is 0 Å². The third-order valence-electron chi connectivity index (χ3n) is 2.35. The van der Waals surface area contributed by atoms with Gasteiger partial charge >= 0.3 is 5.97 Å². The summed E-state index contributed by atoms with van der Waals surface area (Å²) in [5, 5.41) is 0. The molecule has 0 aliphatic heterocycles. The van der Waals surface area contributed by atoms with Gasteiger partial charge in [0.1, 0.15) is 13.8 Å². The highest BCUT2D eigenvalue weighted by atomic mass is 79.9. The van der Waals surface area contributed by atoms with E-state index < -0.39 is 20.1 Å². The summed E-state index contributed by atoms with van der Waals surface area (Å²) in [6.45, 7) is 8.18. The van der Waals surface area contributed by atoms with Crippen LogP contribution in [-0.2, 0) is 9.53 Å². The first-order valence-corrected chi connectivity index (χ1v) is 10.6. The van der Waals surface area contributed by atoms with Crippen LogP contribution in [0.2, 0.25) is 19.6 Å². The standard InChI is InChI=1S/C15H19BrO3Si/c1-11(15(17)18-2)19-14-7-6-13(16)10-12(14)8-9-20(3,4)5/h6-7,10-11H,1-5H3.